The van der Waals surface area contributed by atoms with E-state index in [1.54, 1.807) is 12.1 Å². The first-order chi connectivity index (χ1) is 12.8. The molecule has 0 bridgehead atoms. The van der Waals surface area contributed by atoms with E-state index in [4.69, 9.17) is 4.74 Å². The molecule has 27 heavy (non-hydrogen) atoms. The van der Waals surface area contributed by atoms with Crippen LogP contribution in [0.25, 0.3) is 0 Å². The topological polar surface area (TPSA) is 79.0 Å². The number of hydrogen-bond acceptors (Lipinski definition) is 5. The van der Waals surface area contributed by atoms with Crippen molar-refractivity contribution in [2.24, 2.45) is 0 Å². The van der Waals surface area contributed by atoms with Gasteiger partial charge in [0.15, 0.2) is 0 Å². The van der Waals surface area contributed by atoms with Gasteiger partial charge in [0.05, 0.1) is 11.4 Å². The van der Waals surface area contributed by atoms with E-state index in [9.17, 15) is 13.2 Å². The molecule has 0 heterocycles. The van der Waals surface area contributed by atoms with Crippen LogP contribution in [0.2, 0.25) is 0 Å². The summed E-state index contributed by atoms with van der Waals surface area (Å²) in [6, 6.07) is 15.6. The van der Waals surface area contributed by atoms with Crippen LogP contribution < -0.4 is 10.1 Å². The maximum atomic E-state index is 12.1. The Kier molecular flexibility index (Phi) is 7.35. The second kappa shape index (κ2) is 9.50. The van der Waals surface area contributed by atoms with E-state index in [0.29, 0.717) is 18.8 Å². The second-order valence-corrected chi connectivity index (χ2v) is 8.41. The average molecular weight is 391 g/mol. The van der Waals surface area contributed by atoms with Crippen LogP contribution in [0.1, 0.15) is 0 Å². The molecule has 1 N–H and O–H groups in total. The molecule has 0 aliphatic heterocycles. The van der Waals surface area contributed by atoms with Gasteiger partial charge in [0.25, 0.3) is 0 Å². The van der Waals surface area contributed by atoms with Crippen LogP contribution in [-0.4, -0.2) is 64.4 Å². The maximum Gasteiger partial charge on any atom is 0.242 e. The van der Waals surface area contributed by atoms with Gasteiger partial charge in [-0.3, -0.25) is 9.69 Å². The van der Waals surface area contributed by atoms with Crippen molar-refractivity contribution in [3.8, 4) is 5.75 Å². The zero-order valence-corrected chi connectivity index (χ0v) is 16.6. The van der Waals surface area contributed by atoms with Crippen molar-refractivity contribution in [3.63, 3.8) is 0 Å². The number of carbonyl (C=O) groups is 1. The number of carbonyl (C=O) groups excluding carboxylic acids is 1. The van der Waals surface area contributed by atoms with Gasteiger partial charge in [0, 0.05) is 26.3 Å². The van der Waals surface area contributed by atoms with Crippen LogP contribution in [0, 0.1) is 0 Å². The van der Waals surface area contributed by atoms with Gasteiger partial charge in [-0.25, -0.2) is 12.7 Å². The molecule has 0 aliphatic carbocycles. The summed E-state index contributed by atoms with van der Waals surface area (Å²) < 4.78 is 30.8. The van der Waals surface area contributed by atoms with Crippen LogP contribution >= 0.6 is 0 Å². The Morgan fingerprint density at radius 2 is 1.63 bits per heavy atom. The van der Waals surface area contributed by atoms with Crippen LogP contribution in [0.4, 0.5) is 5.69 Å². The van der Waals surface area contributed by atoms with Gasteiger partial charge in [0.2, 0.25) is 15.9 Å². The Labute approximate surface area is 160 Å². The van der Waals surface area contributed by atoms with Crippen molar-refractivity contribution in [1.82, 2.24) is 9.21 Å². The lowest BCUT2D eigenvalue weighted by atomic mass is 10.3. The van der Waals surface area contributed by atoms with E-state index in [0.717, 1.165) is 10.1 Å². The molecular formula is C19H25N3O4S. The number of nitrogens with one attached hydrogen (secondary N) is 1. The molecule has 2 aromatic rings. The fourth-order valence-electron chi connectivity index (χ4n) is 2.28. The third-order valence-electron chi connectivity index (χ3n) is 3.82. The zero-order valence-electron chi connectivity index (χ0n) is 15.8. The molecule has 0 radical (unpaired) electrons. The number of ether oxygens (including phenoxy) is 1. The molecular weight excluding hydrogens is 366 g/mol. The van der Waals surface area contributed by atoms with E-state index in [1.165, 1.54) is 26.2 Å². The van der Waals surface area contributed by atoms with Crippen molar-refractivity contribution in [1.29, 1.82) is 0 Å². The Balaban J connectivity index is 1.79. The number of likely N-dealkylation sites (N-methyl/N-ethyl adjacent to an activating group) is 1. The predicted octanol–water partition coefficient (Wildman–Crippen LogP) is 1.89. The normalized spacial score (nSPS) is 11.6. The quantitative estimate of drug-likeness (QED) is 0.706. The highest BCUT2D eigenvalue weighted by Gasteiger charge is 2.16. The summed E-state index contributed by atoms with van der Waals surface area (Å²) in [5.41, 5.74) is 0.548. The van der Waals surface area contributed by atoms with Gasteiger partial charge in [-0.2, -0.15) is 0 Å². The highest BCUT2D eigenvalue weighted by Crippen LogP contribution is 2.16. The van der Waals surface area contributed by atoms with E-state index in [2.05, 4.69) is 5.32 Å². The van der Waals surface area contributed by atoms with Crippen LogP contribution in [0.3, 0.4) is 0 Å². The van der Waals surface area contributed by atoms with Gasteiger partial charge in [0.1, 0.15) is 12.4 Å². The van der Waals surface area contributed by atoms with Gasteiger partial charge >= 0.3 is 0 Å². The summed E-state index contributed by atoms with van der Waals surface area (Å²) in [6.45, 7) is 1.28. The van der Waals surface area contributed by atoms with E-state index in [-0.39, 0.29) is 17.3 Å². The van der Waals surface area contributed by atoms with Crippen LogP contribution in [-0.2, 0) is 14.8 Å². The maximum absolute atomic E-state index is 12.1. The fraction of sp³-hybridized carbons (Fsp3) is 0.316. The lowest BCUT2D eigenvalue weighted by Gasteiger charge is -2.17. The first-order valence-electron chi connectivity index (χ1n) is 8.48. The van der Waals surface area contributed by atoms with Crippen LogP contribution in [0.5, 0.6) is 5.75 Å². The highest BCUT2D eigenvalue weighted by atomic mass is 32.2. The van der Waals surface area contributed by atoms with Crippen molar-refractivity contribution < 1.29 is 17.9 Å². The van der Waals surface area contributed by atoms with Crippen molar-refractivity contribution in [2.45, 2.75) is 4.90 Å². The minimum absolute atomic E-state index is 0.180. The Morgan fingerprint density at radius 3 is 2.22 bits per heavy atom. The SMILES string of the molecule is CN(CCOc1ccccc1)CC(=O)Nc1ccc(S(=O)(=O)N(C)C)cc1. The fourth-order valence-corrected chi connectivity index (χ4v) is 3.18. The molecule has 146 valence electrons. The summed E-state index contributed by atoms with van der Waals surface area (Å²) >= 11 is 0. The zero-order chi connectivity index (χ0) is 19.9. The van der Waals surface area contributed by atoms with Gasteiger partial charge < -0.3 is 10.1 Å². The number of benzene rings is 2. The minimum Gasteiger partial charge on any atom is -0.492 e. The third kappa shape index (κ3) is 6.35. The first-order valence-corrected chi connectivity index (χ1v) is 9.92. The third-order valence-corrected chi connectivity index (χ3v) is 5.64. The summed E-state index contributed by atoms with van der Waals surface area (Å²) in [6.07, 6.45) is 0. The number of hydrogen-bond donors (Lipinski definition) is 1. The van der Waals surface area contributed by atoms with Crippen molar-refractivity contribution in [2.75, 3.05) is 46.2 Å². The minimum atomic E-state index is -3.48. The Bertz CT molecular complexity index is 837. The molecule has 0 aromatic heterocycles. The number of sulfonamides is 1. The summed E-state index contributed by atoms with van der Waals surface area (Å²) in [5.74, 6) is 0.614. The monoisotopic (exact) mass is 391 g/mol. The molecule has 0 saturated carbocycles. The van der Waals surface area contributed by atoms with Crippen molar-refractivity contribution >= 4 is 21.6 Å². The molecule has 8 heteroatoms. The predicted molar refractivity (Wildman–Crippen MR) is 105 cm³/mol. The standard InChI is InChI=1S/C19H25N3O4S/c1-21(2)27(24,25)18-11-9-16(10-12-18)20-19(23)15-22(3)13-14-26-17-7-5-4-6-8-17/h4-12H,13-15H2,1-3H3,(H,20,23). The Morgan fingerprint density at radius 1 is 1.00 bits per heavy atom. The highest BCUT2D eigenvalue weighted by molar-refractivity contribution is 7.89. The number of nitrogens with zero attached hydrogens (tertiary/aromatic N) is 2. The Hall–Kier alpha value is -2.42. The molecule has 2 aromatic carbocycles. The molecule has 7 nitrogen and oxygen atoms in total. The molecule has 1 amide bonds. The number of rotatable bonds is 9. The molecule has 0 atom stereocenters. The van der Waals surface area contributed by atoms with Gasteiger partial charge in [-0.05, 0) is 43.4 Å². The molecule has 0 unspecified atom stereocenters. The van der Waals surface area contributed by atoms with Gasteiger partial charge in [-0.1, -0.05) is 18.2 Å². The molecule has 2 rings (SSSR count). The van der Waals surface area contributed by atoms with E-state index in [1.807, 2.05) is 42.3 Å². The van der Waals surface area contributed by atoms with Gasteiger partial charge in [-0.15, -0.1) is 0 Å². The van der Waals surface area contributed by atoms with Crippen molar-refractivity contribution in [3.05, 3.63) is 54.6 Å². The molecule has 0 aliphatic rings. The van der Waals surface area contributed by atoms with E-state index < -0.39 is 10.0 Å². The summed E-state index contributed by atoms with van der Waals surface area (Å²) in [7, 11) is 1.31. The largest absolute Gasteiger partial charge is 0.492 e. The molecule has 0 fully saturated rings. The smallest absolute Gasteiger partial charge is 0.242 e. The number of para-hydroxylation sites is 1. The lowest BCUT2D eigenvalue weighted by molar-refractivity contribution is -0.117. The molecule has 0 saturated heterocycles. The average Bonchev–Trinajstić information content (AvgIpc) is 2.62. The number of amides is 1. The summed E-state index contributed by atoms with van der Waals surface area (Å²) in [5, 5.41) is 2.76. The second-order valence-electron chi connectivity index (χ2n) is 6.26. The lowest BCUT2D eigenvalue weighted by Crippen LogP contribution is -2.33. The van der Waals surface area contributed by atoms with Crippen LogP contribution in [0.15, 0.2) is 59.5 Å². The molecule has 0 spiro atoms. The first kappa shape index (κ1) is 20.9. The summed E-state index contributed by atoms with van der Waals surface area (Å²) in [4.78, 5) is 14.2. The number of anilines is 1. The van der Waals surface area contributed by atoms with E-state index >= 15 is 0 Å².